The molecule has 0 radical (unpaired) electrons. The molecule has 0 aliphatic rings. The maximum atomic E-state index is 2.45. The Hall–Kier alpha value is -0.140. The quantitative estimate of drug-likeness (QED) is 0.371. The predicted molar refractivity (Wildman–Crippen MR) is 105 cm³/mol. The van der Waals surface area contributed by atoms with Crippen LogP contribution in [0, 0.1) is 0 Å². The Kier molecular flexibility index (Phi) is 15.3. The van der Waals surface area contributed by atoms with Crippen molar-refractivity contribution in [2.75, 3.05) is 12.0 Å². The Morgan fingerprint density at radius 1 is 0.783 bits per heavy atom. The van der Waals surface area contributed by atoms with E-state index in [0.29, 0.717) is 10.9 Å². The highest BCUT2D eigenvalue weighted by atomic mass is 35.5. The van der Waals surface area contributed by atoms with E-state index in [-0.39, 0.29) is 12.4 Å². The molecule has 1 aromatic carbocycles. The molecule has 2 heteroatoms. The first-order chi connectivity index (χ1) is 10.8. The van der Waals surface area contributed by atoms with E-state index in [0.717, 1.165) is 5.25 Å². The lowest BCUT2D eigenvalue weighted by Gasteiger charge is -2.12. The Labute approximate surface area is 154 Å². The van der Waals surface area contributed by atoms with Crippen LogP contribution in [0.15, 0.2) is 30.3 Å². The first-order valence-electron chi connectivity index (χ1n) is 9.42. The highest BCUT2D eigenvalue weighted by Crippen LogP contribution is 2.23. The molecule has 134 valence electrons. The third kappa shape index (κ3) is 11.1. The molecule has 0 spiro atoms. The minimum atomic E-state index is 0. The molecule has 23 heavy (non-hydrogen) atoms. The fourth-order valence-corrected chi connectivity index (χ4v) is 4.59. The van der Waals surface area contributed by atoms with Crippen molar-refractivity contribution in [2.45, 2.75) is 83.3 Å². The van der Waals surface area contributed by atoms with Crippen molar-refractivity contribution in [1.82, 2.24) is 0 Å². The molecule has 0 aliphatic carbocycles. The molecule has 1 aromatic rings. The van der Waals surface area contributed by atoms with Gasteiger partial charge in [-0.05, 0) is 30.7 Å². The van der Waals surface area contributed by atoms with E-state index in [1.165, 1.54) is 75.5 Å². The number of hydrogen-bond acceptors (Lipinski definition) is 0. The molecule has 0 nitrogen and oxygen atoms in total. The van der Waals surface area contributed by atoms with E-state index >= 15 is 0 Å². The largest absolute Gasteiger partial charge is 1.00 e. The molecule has 2 unspecified atom stereocenters. The van der Waals surface area contributed by atoms with Gasteiger partial charge >= 0.3 is 0 Å². The lowest BCUT2D eigenvalue weighted by molar-refractivity contribution is -0.00000482. The van der Waals surface area contributed by atoms with Crippen molar-refractivity contribution in [1.29, 1.82) is 0 Å². The van der Waals surface area contributed by atoms with Gasteiger partial charge in [-0.1, -0.05) is 88.6 Å². The van der Waals surface area contributed by atoms with Gasteiger partial charge in [0, 0.05) is 5.56 Å². The monoisotopic (exact) mass is 356 g/mol. The Bertz CT molecular complexity index is 352. The van der Waals surface area contributed by atoms with Gasteiger partial charge in [-0.15, -0.1) is 0 Å². The summed E-state index contributed by atoms with van der Waals surface area (Å²) < 4.78 is 0. The molecule has 1 rings (SSSR count). The minimum absolute atomic E-state index is 0. The summed E-state index contributed by atoms with van der Waals surface area (Å²) in [5, 5.41) is 0.722. The van der Waals surface area contributed by atoms with Crippen LogP contribution in [-0.4, -0.2) is 12.0 Å². The summed E-state index contributed by atoms with van der Waals surface area (Å²) in [7, 11) is 0.522. The Morgan fingerprint density at radius 2 is 1.26 bits per heavy atom. The molecule has 0 amide bonds. The fraction of sp³-hybridized carbons (Fsp3) is 0.714. The standard InChI is InChI=1S/C21H37S.ClH/c1-4-5-6-7-8-9-10-11-12-16-19-22(3)20(2)21-17-14-13-15-18-21;/h13-15,17-18,20H,4-12,16,19H2,1-3H3;1H/q+1;/p-1. The van der Waals surface area contributed by atoms with Gasteiger partial charge in [0.2, 0.25) is 0 Å². The maximum absolute atomic E-state index is 2.45. The molecule has 2 atom stereocenters. The van der Waals surface area contributed by atoms with E-state index in [4.69, 9.17) is 0 Å². The van der Waals surface area contributed by atoms with Crippen LogP contribution < -0.4 is 12.4 Å². The van der Waals surface area contributed by atoms with Crippen LogP contribution in [0.5, 0.6) is 0 Å². The van der Waals surface area contributed by atoms with E-state index in [2.05, 4.69) is 50.4 Å². The Morgan fingerprint density at radius 3 is 1.78 bits per heavy atom. The summed E-state index contributed by atoms with van der Waals surface area (Å²) in [5.74, 6) is 1.41. The number of benzene rings is 1. The van der Waals surface area contributed by atoms with Gasteiger partial charge in [-0.3, -0.25) is 0 Å². The number of unbranched alkanes of at least 4 members (excludes halogenated alkanes) is 9. The highest BCUT2D eigenvalue weighted by molar-refractivity contribution is 7.96. The van der Waals surface area contributed by atoms with Gasteiger partial charge in [0.1, 0.15) is 11.0 Å². The van der Waals surface area contributed by atoms with Gasteiger partial charge in [0.05, 0.1) is 6.26 Å². The van der Waals surface area contributed by atoms with Crippen molar-refractivity contribution in [3.63, 3.8) is 0 Å². The van der Waals surface area contributed by atoms with Crippen LogP contribution in [0.4, 0.5) is 0 Å². The Balaban J connectivity index is 0.00000484. The van der Waals surface area contributed by atoms with Crippen molar-refractivity contribution < 1.29 is 12.4 Å². The van der Waals surface area contributed by atoms with Gasteiger partial charge in [-0.25, -0.2) is 0 Å². The number of rotatable bonds is 13. The van der Waals surface area contributed by atoms with Crippen LogP contribution in [0.3, 0.4) is 0 Å². The summed E-state index contributed by atoms with van der Waals surface area (Å²) in [5.41, 5.74) is 1.51. The maximum Gasteiger partial charge on any atom is 0.140 e. The zero-order chi connectivity index (χ0) is 16.0. The van der Waals surface area contributed by atoms with E-state index in [1.54, 1.807) is 0 Å². The van der Waals surface area contributed by atoms with Gasteiger partial charge in [-0.2, -0.15) is 0 Å². The van der Waals surface area contributed by atoms with Gasteiger partial charge in [0.25, 0.3) is 0 Å². The van der Waals surface area contributed by atoms with Crippen molar-refractivity contribution >= 4 is 10.9 Å². The van der Waals surface area contributed by atoms with Crippen LogP contribution in [-0.2, 0) is 10.9 Å². The van der Waals surface area contributed by atoms with E-state index in [9.17, 15) is 0 Å². The second-order valence-corrected chi connectivity index (χ2v) is 9.13. The summed E-state index contributed by atoms with van der Waals surface area (Å²) in [6.45, 7) is 4.69. The molecule has 0 N–H and O–H groups in total. The van der Waals surface area contributed by atoms with Crippen molar-refractivity contribution in [3.8, 4) is 0 Å². The highest BCUT2D eigenvalue weighted by Gasteiger charge is 2.21. The third-order valence-corrected chi connectivity index (χ3v) is 7.10. The average molecular weight is 357 g/mol. The predicted octanol–water partition coefficient (Wildman–Crippen LogP) is 3.92. The van der Waals surface area contributed by atoms with Crippen LogP contribution in [0.2, 0.25) is 0 Å². The van der Waals surface area contributed by atoms with E-state index in [1.807, 2.05) is 0 Å². The molecule has 0 saturated carbocycles. The number of hydrogen-bond donors (Lipinski definition) is 0. The zero-order valence-corrected chi connectivity index (χ0v) is 17.1. The van der Waals surface area contributed by atoms with Gasteiger partial charge in [0.15, 0.2) is 0 Å². The molecular weight excluding hydrogens is 320 g/mol. The molecule has 0 fully saturated rings. The topological polar surface area (TPSA) is 0 Å². The molecule has 0 heterocycles. The molecular formula is C21H37ClS. The molecule has 0 bridgehead atoms. The summed E-state index contributed by atoms with van der Waals surface area (Å²) in [6, 6.07) is 11.0. The van der Waals surface area contributed by atoms with Crippen LogP contribution >= 0.6 is 0 Å². The zero-order valence-electron chi connectivity index (χ0n) is 15.5. The minimum Gasteiger partial charge on any atom is -1.00 e. The molecule has 0 aromatic heterocycles. The van der Waals surface area contributed by atoms with E-state index < -0.39 is 0 Å². The summed E-state index contributed by atoms with van der Waals surface area (Å²) in [4.78, 5) is 0. The summed E-state index contributed by atoms with van der Waals surface area (Å²) in [6.07, 6.45) is 16.8. The van der Waals surface area contributed by atoms with Crippen LogP contribution in [0.25, 0.3) is 0 Å². The first-order valence-corrected chi connectivity index (χ1v) is 11.3. The first kappa shape index (κ1) is 22.9. The summed E-state index contributed by atoms with van der Waals surface area (Å²) >= 11 is 0. The van der Waals surface area contributed by atoms with Gasteiger partial charge < -0.3 is 12.4 Å². The SMILES string of the molecule is CCCCCCCCCCCC[S+](C)C(C)c1ccccc1.[Cl-]. The smallest absolute Gasteiger partial charge is 0.140 e. The van der Waals surface area contributed by atoms with Crippen molar-refractivity contribution in [2.24, 2.45) is 0 Å². The normalized spacial score (nSPS) is 13.3. The second-order valence-electron chi connectivity index (χ2n) is 6.63. The molecule has 0 saturated heterocycles. The van der Waals surface area contributed by atoms with Crippen LogP contribution in [0.1, 0.15) is 88.9 Å². The van der Waals surface area contributed by atoms with Crippen molar-refractivity contribution in [3.05, 3.63) is 35.9 Å². The lowest BCUT2D eigenvalue weighted by atomic mass is 10.1. The number of halogens is 1. The lowest BCUT2D eigenvalue weighted by Crippen LogP contribution is -3.00. The fourth-order valence-electron chi connectivity index (χ4n) is 2.95. The second kappa shape index (κ2) is 15.4. The molecule has 0 aliphatic heterocycles. The third-order valence-electron chi connectivity index (χ3n) is 4.69. The average Bonchev–Trinajstić information content (AvgIpc) is 2.56.